The molecule has 2 aromatic rings. The molecule has 2 aromatic heterocycles. The van der Waals surface area contributed by atoms with E-state index in [4.69, 9.17) is 0 Å². The SMILES string of the molecule is CCN(CC)c1ncc2ccsc2n1. The molecule has 74 valence electrons. The largest absolute Gasteiger partial charge is 0.341 e. The third-order valence-corrected chi connectivity index (χ3v) is 3.06. The van der Waals surface area contributed by atoms with E-state index < -0.39 is 0 Å². The van der Waals surface area contributed by atoms with Gasteiger partial charge in [0.2, 0.25) is 5.95 Å². The Kier molecular flexibility index (Phi) is 2.63. The normalized spacial score (nSPS) is 10.7. The number of hydrogen-bond acceptors (Lipinski definition) is 4. The summed E-state index contributed by atoms with van der Waals surface area (Å²) < 4.78 is 0. The summed E-state index contributed by atoms with van der Waals surface area (Å²) in [5.41, 5.74) is 0. The topological polar surface area (TPSA) is 29.0 Å². The molecule has 0 radical (unpaired) electrons. The van der Waals surface area contributed by atoms with Crippen LogP contribution in [0.2, 0.25) is 0 Å². The lowest BCUT2D eigenvalue weighted by Gasteiger charge is -2.17. The minimum Gasteiger partial charge on any atom is -0.341 e. The summed E-state index contributed by atoms with van der Waals surface area (Å²) >= 11 is 1.66. The van der Waals surface area contributed by atoms with E-state index in [0.29, 0.717) is 0 Å². The van der Waals surface area contributed by atoms with Crippen molar-refractivity contribution in [3.63, 3.8) is 0 Å². The third kappa shape index (κ3) is 1.57. The second-order valence-electron chi connectivity index (χ2n) is 3.02. The maximum atomic E-state index is 4.51. The first kappa shape index (κ1) is 9.40. The van der Waals surface area contributed by atoms with E-state index in [-0.39, 0.29) is 0 Å². The quantitative estimate of drug-likeness (QED) is 0.774. The summed E-state index contributed by atoms with van der Waals surface area (Å²) in [6, 6.07) is 2.05. The highest BCUT2D eigenvalue weighted by Gasteiger charge is 2.06. The van der Waals surface area contributed by atoms with Crippen molar-refractivity contribution < 1.29 is 0 Å². The second kappa shape index (κ2) is 3.92. The van der Waals surface area contributed by atoms with E-state index >= 15 is 0 Å². The molecule has 0 fully saturated rings. The van der Waals surface area contributed by atoms with Gasteiger partial charge in [-0.3, -0.25) is 0 Å². The molecule has 0 spiro atoms. The number of hydrogen-bond donors (Lipinski definition) is 0. The van der Waals surface area contributed by atoms with Gasteiger partial charge >= 0.3 is 0 Å². The van der Waals surface area contributed by atoms with Gasteiger partial charge in [0.1, 0.15) is 4.83 Å². The molecular formula is C10H13N3S. The van der Waals surface area contributed by atoms with E-state index in [2.05, 4.69) is 28.7 Å². The molecular weight excluding hydrogens is 194 g/mol. The first-order valence-electron chi connectivity index (χ1n) is 4.80. The van der Waals surface area contributed by atoms with Gasteiger partial charge in [0.15, 0.2) is 0 Å². The first-order valence-corrected chi connectivity index (χ1v) is 5.68. The fraction of sp³-hybridized carbons (Fsp3) is 0.400. The van der Waals surface area contributed by atoms with E-state index in [1.165, 1.54) is 0 Å². The van der Waals surface area contributed by atoms with Crippen molar-refractivity contribution >= 4 is 27.5 Å². The van der Waals surface area contributed by atoms with E-state index in [9.17, 15) is 0 Å². The van der Waals surface area contributed by atoms with Crippen molar-refractivity contribution in [3.05, 3.63) is 17.6 Å². The van der Waals surface area contributed by atoms with Crippen molar-refractivity contribution in [2.45, 2.75) is 13.8 Å². The van der Waals surface area contributed by atoms with Crippen LogP contribution in [0.25, 0.3) is 10.2 Å². The van der Waals surface area contributed by atoms with Crippen LogP contribution in [0, 0.1) is 0 Å². The molecule has 0 aliphatic carbocycles. The molecule has 0 saturated heterocycles. The van der Waals surface area contributed by atoms with Gasteiger partial charge in [-0.05, 0) is 25.3 Å². The molecule has 3 nitrogen and oxygen atoms in total. The Morgan fingerprint density at radius 2 is 2.14 bits per heavy atom. The molecule has 0 aliphatic heterocycles. The summed E-state index contributed by atoms with van der Waals surface area (Å²) in [5, 5.41) is 3.18. The summed E-state index contributed by atoms with van der Waals surface area (Å²) in [5.74, 6) is 0.838. The van der Waals surface area contributed by atoms with Gasteiger partial charge in [0.05, 0.1) is 0 Å². The highest BCUT2D eigenvalue weighted by Crippen LogP contribution is 2.19. The van der Waals surface area contributed by atoms with Crippen LogP contribution >= 0.6 is 11.3 Å². The molecule has 14 heavy (non-hydrogen) atoms. The zero-order valence-electron chi connectivity index (χ0n) is 8.40. The summed E-state index contributed by atoms with van der Waals surface area (Å²) in [6.45, 7) is 6.14. The molecule has 0 bridgehead atoms. The lowest BCUT2D eigenvalue weighted by atomic mass is 10.4. The Labute approximate surface area is 87.4 Å². The first-order chi connectivity index (χ1) is 6.85. The predicted molar refractivity (Wildman–Crippen MR) is 61.0 cm³/mol. The lowest BCUT2D eigenvalue weighted by Crippen LogP contribution is -2.23. The Morgan fingerprint density at radius 3 is 2.86 bits per heavy atom. The van der Waals surface area contributed by atoms with Crippen LogP contribution < -0.4 is 4.90 Å². The van der Waals surface area contributed by atoms with Gasteiger partial charge in [-0.2, -0.15) is 0 Å². The minimum absolute atomic E-state index is 0.838. The molecule has 2 heterocycles. The van der Waals surface area contributed by atoms with Crippen molar-refractivity contribution in [2.75, 3.05) is 18.0 Å². The van der Waals surface area contributed by atoms with Gasteiger partial charge < -0.3 is 4.90 Å². The van der Waals surface area contributed by atoms with Gasteiger partial charge in [-0.25, -0.2) is 9.97 Å². The van der Waals surface area contributed by atoms with Crippen molar-refractivity contribution in [1.29, 1.82) is 0 Å². The van der Waals surface area contributed by atoms with Crippen LogP contribution in [-0.2, 0) is 0 Å². The van der Waals surface area contributed by atoms with Crippen LogP contribution in [0.4, 0.5) is 5.95 Å². The molecule has 2 rings (SSSR count). The van der Waals surface area contributed by atoms with Crippen molar-refractivity contribution in [1.82, 2.24) is 9.97 Å². The van der Waals surface area contributed by atoms with Crippen LogP contribution in [0.5, 0.6) is 0 Å². The maximum absolute atomic E-state index is 4.51. The molecule has 0 unspecified atom stereocenters. The smallest absolute Gasteiger partial charge is 0.226 e. The van der Waals surface area contributed by atoms with Crippen LogP contribution in [0.15, 0.2) is 17.6 Å². The number of nitrogens with zero attached hydrogens (tertiary/aromatic N) is 3. The van der Waals surface area contributed by atoms with Crippen molar-refractivity contribution in [3.8, 4) is 0 Å². The molecule has 4 heteroatoms. The number of thiophene rings is 1. The third-order valence-electron chi connectivity index (χ3n) is 2.24. The van der Waals surface area contributed by atoms with Crippen LogP contribution in [0.1, 0.15) is 13.8 Å². The monoisotopic (exact) mass is 207 g/mol. The minimum atomic E-state index is 0.838. The zero-order chi connectivity index (χ0) is 9.97. The van der Waals surface area contributed by atoms with E-state index in [0.717, 1.165) is 29.3 Å². The Balaban J connectivity index is 2.42. The van der Waals surface area contributed by atoms with Gasteiger partial charge in [0, 0.05) is 24.7 Å². The number of fused-ring (bicyclic) bond motifs is 1. The van der Waals surface area contributed by atoms with Crippen LogP contribution in [0.3, 0.4) is 0 Å². The summed E-state index contributed by atoms with van der Waals surface area (Å²) in [6.07, 6.45) is 1.90. The Morgan fingerprint density at radius 1 is 1.36 bits per heavy atom. The van der Waals surface area contributed by atoms with Gasteiger partial charge in [-0.1, -0.05) is 0 Å². The lowest BCUT2D eigenvalue weighted by molar-refractivity contribution is 0.827. The highest BCUT2D eigenvalue weighted by molar-refractivity contribution is 7.16. The Bertz CT molecular complexity index is 420. The molecule has 0 saturated carbocycles. The summed E-state index contributed by atoms with van der Waals surface area (Å²) in [4.78, 5) is 12.1. The Hall–Kier alpha value is -1.16. The highest BCUT2D eigenvalue weighted by atomic mass is 32.1. The van der Waals surface area contributed by atoms with Gasteiger partial charge in [-0.15, -0.1) is 11.3 Å². The standard InChI is InChI=1S/C10H13N3S/c1-3-13(4-2)10-11-7-8-5-6-14-9(8)12-10/h5-7H,3-4H2,1-2H3. The number of rotatable bonds is 3. The van der Waals surface area contributed by atoms with E-state index in [1.54, 1.807) is 11.3 Å². The van der Waals surface area contributed by atoms with Crippen LogP contribution in [-0.4, -0.2) is 23.1 Å². The van der Waals surface area contributed by atoms with Gasteiger partial charge in [0.25, 0.3) is 0 Å². The average Bonchev–Trinajstić information content (AvgIpc) is 2.66. The zero-order valence-corrected chi connectivity index (χ0v) is 9.21. The fourth-order valence-electron chi connectivity index (χ4n) is 1.41. The number of anilines is 1. The molecule has 0 N–H and O–H groups in total. The summed E-state index contributed by atoms with van der Waals surface area (Å²) in [7, 11) is 0. The van der Waals surface area contributed by atoms with Crippen molar-refractivity contribution in [2.24, 2.45) is 0 Å². The average molecular weight is 207 g/mol. The molecule has 0 amide bonds. The second-order valence-corrected chi connectivity index (χ2v) is 3.92. The molecule has 0 aromatic carbocycles. The van der Waals surface area contributed by atoms with E-state index in [1.807, 2.05) is 17.6 Å². The number of aromatic nitrogens is 2. The maximum Gasteiger partial charge on any atom is 0.226 e. The molecule has 0 atom stereocenters. The molecule has 0 aliphatic rings. The fourth-order valence-corrected chi connectivity index (χ4v) is 2.14. The predicted octanol–water partition coefficient (Wildman–Crippen LogP) is 2.54.